The van der Waals surface area contributed by atoms with Crippen molar-refractivity contribution < 1.29 is 28.9 Å². The van der Waals surface area contributed by atoms with Crippen molar-refractivity contribution in [2.24, 2.45) is 0 Å². The number of rotatable bonds is 7. The maximum Gasteiger partial charge on any atom is 0.300 e. The minimum Gasteiger partial charge on any atom is -0.507 e. The smallest absolute Gasteiger partial charge is 0.300 e. The molecule has 1 aliphatic heterocycles. The van der Waals surface area contributed by atoms with Gasteiger partial charge in [0.25, 0.3) is 11.7 Å². The van der Waals surface area contributed by atoms with E-state index in [1.807, 2.05) is 31.2 Å². The van der Waals surface area contributed by atoms with E-state index in [0.29, 0.717) is 34.1 Å². The average Bonchev–Trinajstić information content (AvgIpc) is 3.17. The van der Waals surface area contributed by atoms with E-state index in [1.54, 1.807) is 30.3 Å². The number of amides is 1. The van der Waals surface area contributed by atoms with Gasteiger partial charge in [-0.25, -0.2) is 0 Å². The maximum atomic E-state index is 13.4. The molecule has 1 amide bonds. The Hall–Kier alpha value is -3.97. The van der Waals surface area contributed by atoms with E-state index < -0.39 is 17.7 Å². The number of Topliss-reactive ketones (excluding diaryl/α,β-unsaturated/α-hetero) is 1. The van der Waals surface area contributed by atoms with E-state index in [-0.39, 0.29) is 16.4 Å². The highest BCUT2D eigenvalue weighted by Gasteiger charge is 2.47. The fraction of sp³-hybridized carbons (Fsp3) is 0.214. The van der Waals surface area contributed by atoms with E-state index in [2.05, 4.69) is 0 Å². The first-order valence-corrected chi connectivity index (χ1v) is 11.7. The molecule has 36 heavy (non-hydrogen) atoms. The number of anilines is 1. The number of ketones is 1. The molecule has 1 atom stereocenters. The number of aryl methyl sites for hydroxylation is 1. The van der Waals surface area contributed by atoms with E-state index in [4.69, 9.17) is 25.8 Å². The van der Waals surface area contributed by atoms with Crippen LogP contribution in [0.25, 0.3) is 5.76 Å². The Kier molecular flexibility index (Phi) is 7.22. The van der Waals surface area contributed by atoms with Gasteiger partial charge >= 0.3 is 0 Å². The van der Waals surface area contributed by atoms with E-state index in [1.165, 1.54) is 32.3 Å². The van der Waals surface area contributed by atoms with E-state index in [9.17, 15) is 14.7 Å². The summed E-state index contributed by atoms with van der Waals surface area (Å²) in [5, 5.41) is 11.6. The van der Waals surface area contributed by atoms with Gasteiger partial charge in [0.05, 0.1) is 38.0 Å². The summed E-state index contributed by atoms with van der Waals surface area (Å²) in [5.41, 5.74) is 2.44. The fourth-order valence-corrected chi connectivity index (χ4v) is 4.55. The lowest BCUT2D eigenvalue weighted by Crippen LogP contribution is -2.29. The summed E-state index contributed by atoms with van der Waals surface area (Å²) in [6.45, 7) is 2.04. The second-order valence-corrected chi connectivity index (χ2v) is 8.56. The molecule has 0 spiro atoms. The molecule has 1 unspecified atom stereocenters. The van der Waals surface area contributed by atoms with Crippen molar-refractivity contribution in [3.63, 3.8) is 0 Å². The number of aliphatic hydroxyl groups is 1. The fourth-order valence-electron chi connectivity index (χ4n) is 4.29. The Balaban J connectivity index is 1.93. The molecule has 1 saturated heterocycles. The highest BCUT2D eigenvalue weighted by atomic mass is 35.5. The van der Waals surface area contributed by atoms with Crippen LogP contribution in [0.15, 0.2) is 66.2 Å². The number of hydrogen-bond donors (Lipinski definition) is 1. The summed E-state index contributed by atoms with van der Waals surface area (Å²) in [6, 6.07) is 16.3. The highest BCUT2D eigenvalue weighted by Crippen LogP contribution is 2.44. The largest absolute Gasteiger partial charge is 0.507 e. The number of carbonyl (C=O) groups excluding carboxylic acids is 2. The first-order valence-electron chi connectivity index (χ1n) is 11.3. The molecule has 1 N–H and O–H groups in total. The quantitative estimate of drug-likeness (QED) is 0.256. The normalized spacial score (nSPS) is 16.8. The van der Waals surface area contributed by atoms with Crippen LogP contribution in [-0.2, 0) is 16.0 Å². The molecule has 1 aliphatic rings. The van der Waals surface area contributed by atoms with Crippen LogP contribution in [0.5, 0.6) is 17.2 Å². The third kappa shape index (κ3) is 4.38. The van der Waals surface area contributed by atoms with Crippen molar-refractivity contribution in [3.05, 3.63) is 87.9 Å². The minimum atomic E-state index is -0.880. The summed E-state index contributed by atoms with van der Waals surface area (Å²) in [5.74, 6) is -0.601. The Morgan fingerprint density at radius 2 is 1.53 bits per heavy atom. The second kappa shape index (κ2) is 10.3. The molecule has 3 aromatic carbocycles. The lowest BCUT2D eigenvalue weighted by molar-refractivity contribution is -0.132. The van der Waals surface area contributed by atoms with Gasteiger partial charge in [0, 0.05) is 17.3 Å². The number of aliphatic hydroxyl groups excluding tert-OH is 1. The van der Waals surface area contributed by atoms with Crippen LogP contribution in [0.4, 0.5) is 5.69 Å². The predicted molar refractivity (Wildman–Crippen MR) is 138 cm³/mol. The number of methoxy groups -OCH3 is 3. The van der Waals surface area contributed by atoms with Crippen molar-refractivity contribution in [2.75, 3.05) is 26.2 Å². The molecule has 186 valence electrons. The number of ether oxygens (including phenoxy) is 3. The Bertz CT molecular complexity index is 1350. The molecule has 0 bridgehead atoms. The van der Waals surface area contributed by atoms with Gasteiger partial charge in [-0.1, -0.05) is 42.8 Å². The maximum absolute atomic E-state index is 13.4. The van der Waals surface area contributed by atoms with Gasteiger partial charge in [-0.3, -0.25) is 14.5 Å². The highest BCUT2D eigenvalue weighted by molar-refractivity contribution is 6.51. The van der Waals surface area contributed by atoms with Crippen LogP contribution >= 0.6 is 11.6 Å². The summed E-state index contributed by atoms with van der Waals surface area (Å²) in [7, 11) is 4.48. The topological polar surface area (TPSA) is 85.3 Å². The van der Waals surface area contributed by atoms with Gasteiger partial charge in [0.15, 0.2) is 11.5 Å². The average molecular weight is 508 g/mol. The van der Waals surface area contributed by atoms with Crippen molar-refractivity contribution in [3.8, 4) is 17.2 Å². The van der Waals surface area contributed by atoms with E-state index >= 15 is 0 Å². The van der Waals surface area contributed by atoms with Crippen LogP contribution in [-0.4, -0.2) is 38.1 Å². The summed E-state index contributed by atoms with van der Waals surface area (Å²) >= 11 is 6.27. The van der Waals surface area contributed by atoms with Gasteiger partial charge in [0.2, 0.25) is 0 Å². The number of halogens is 1. The number of carbonyl (C=O) groups is 2. The molecule has 0 aliphatic carbocycles. The zero-order valence-electron chi connectivity index (χ0n) is 20.4. The van der Waals surface area contributed by atoms with Gasteiger partial charge in [-0.15, -0.1) is 0 Å². The van der Waals surface area contributed by atoms with E-state index in [0.717, 1.165) is 12.0 Å². The van der Waals surface area contributed by atoms with Crippen molar-refractivity contribution in [1.82, 2.24) is 0 Å². The zero-order chi connectivity index (χ0) is 26.0. The first-order chi connectivity index (χ1) is 17.3. The van der Waals surface area contributed by atoms with Crippen LogP contribution in [0.2, 0.25) is 5.02 Å². The van der Waals surface area contributed by atoms with Gasteiger partial charge in [-0.05, 0) is 47.9 Å². The van der Waals surface area contributed by atoms with Gasteiger partial charge in [-0.2, -0.15) is 0 Å². The van der Waals surface area contributed by atoms with Crippen molar-refractivity contribution >= 4 is 34.7 Å². The third-order valence-electron chi connectivity index (χ3n) is 6.22. The first kappa shape index (κ1) is 25.1. The Morgan fingerprint density at radius 1 is 0.889 bits per heavy atom. The summed E-state index contributed by atoms with van der Waals surface area (Å²) in [4.78, 5) is 28.1. The van der Waals surface area contributed by atoms with Crippen LogP contribution in [0, 0.1) is 0 Å². The standard InChI is InChI=1S/C28H26ClNO6/c1-5-16-6-8-17(9-7-16)25-24(26(31)18-10-12-21(34-2)20(29)14-18)27(32)28(33)30(25)19-11-13-22(35-3)23(15-19)36-4/h6-15,25,31H,5H2,1-4H3/b26-24+. The van der Waals surface area contributed by atoms with Gasteiger partial charge in [0.1, 0.15) is 11.5 Å². The Labute approximate surface area is 214 Å². The lowest BCUT2D eigenvalue weighted by Gasteiger charge is -2.26. The van der Waals surface area contributed by atoms with Crippen LogP contribution in [0.3, 0.4) is 0 Å². The Morgan fingerprint density at radius 3 is 2.11 bits per heavy atom. The molecule has 3 aromatic rings. The molecule has 1 heterocycles. The predicted octanol–water partition coefficient (Wildman–Crippen LogP) is 5.55. The lowest BCUT2D eigenvalue weighted by atomic mass is 9.94. The van der Waals surface area contributed by atoms with Crippen molar-refractivity contribution in [1.29, 1.82) is 0 Å². The molecule has 8 heteroatoms. The molecular weight excluding hydrogens is 482 g/mol. The molecule has 7 nitrogen and oxygen atoms in total. The monoisotopic (exact) mass is 507 g/mol. The van der Waals surface area contributed by atoms with Crippen LogP contribution < -0.4 is 19.1 Å². The zero-order valence-corrected chi connectivity index (χ0v) is 21.1. The second-order valence-electron chi connectivity index (χ2n) is 8.15. The molecule has 0 aromatic heterocycles. The minimum absolute atomic E-state index is 0.0414. The summed E-state index contributed by atoms with van der Waals surface area (Å²) in [6.07, 6.45) is 0.834. The summed E-state index contributed by atoms with van der Waals surface area (Å²) < 4.78 is 15.9. The third-order valence-corrected chi connectivity index (χ3v) is 6.51. The van der Waals surface area contributed by atoms with Gasteiger partial charge < -0.3 is 19.3 Å². The SMILES string of the molecule is CCc1ccc(C2/C(=C(\O)c3ccc(OC)c(Cl)c3)C(=O)C(=O)N2c2ccc(OC)c(OC)c2)cc1. The molecule has 0 radical (unpaired) electrons. The molecular formula is C28H26ClNO6. The number of benzene rings is 3. The molecule has 1 fully saturated rings. The number of hydrogen-bond acceptors (Lipinski definition) is 6. The van der Waals surface area contributed by atoms with Crippen LogP contribution in [0.1, 0.15) is 29.7 Å². The molecule has 0 saturated carbocycles. The van der Waals surface area contributed by atoms with Crippen molar-refractivity contribution in [2.45, 2.75) is 19.4 Å². The number of nitrogens with zero attached hydrogens (tertiary/aromatic N) is 1. The molecule has 4 rings (SSSR count).